The molecule has 0 unspecified atom stereocenters. The molecule has 32 heavy (non-hydrogen) atoms. The molecule has 1 fully saturated rings. The van der Waals surface area contributed by atoms with Gasteiger partial charge in [-0.3, -0.25) is 9.48 Å². The van der Waals surface area contributed by atoms with E-state index in [1.54, 1.807) is 17.0 Å². The molecule has 3 aromatic rings. The van der Waals surface area contributed by atoms with Crippen LogP contribution in [0, 0.1) is 13.8 Å². The van der Waals surface area contributed by atoms with E-state index in [2.05, 4.69) is 27.9 Å². The molecule has 1 saturated heterocycles. The second kappa shape index (κ2) is 9.72. The summed E-state index contributed by atoms with van der Waals surface area (Å²) >= 11 is 0. The third-order valence-corrected chi connectivity index (χ3v) is 5.98. The van der Waals surface area contributed by atoms with Crippen LogP contribution in [-0.2, 0) is 13.1 Å². The zero-order chi connectivity index (χ0) is 22.5. The predicted octanol–water partition coefficient (Wildman–Crippen LogP) is 3.25. The maximum atomic E-state index is 12.5. The van der Waals surface area contributed by atoms with Crippen LogP contribution in [0.1, 0.15) is 45.9 Å². The van der Waals surface area contributed by atoms with Gasteiger partial charge in [0.2, 0.25) is 0 Å². The topological polar surface area (TPSA) is 92.4 Å². The Kier molecular flexibility index (Phi) is 6.58. The zero-order valence-electron chi connectivity index (χ0n) is 18.5. The summed E-state index contributed by atoms with van der Waals surface area (Å²) in [5.41, 5.74) is 4.20. The van der Waals surface area contributed by atoms with Crippen molar-refractivity contribution in [1.29, 1.82) is 0 Å². The van der Waals surface area contributed by atoms with Gasteiger partial charge in [-0.1, -0.05) is 30.3 Å². The number of hydrogen-bond acceptors (Lipinski definition) is 4. The molecule has 1 aliphatic rings. The lowest BCUT2D eigenvalue weighted by molar-refractivity contribution is 0.0676. The van der Waals surface area contributed by atoms with Crippen molar-refractivity contribution in [1.82, 2.24) is 25.3 Å². The predicted molar refractivity (Wildman–Crippen MR) is 120 cm³/mol. The Morgan fingerprint density at radius 2 is 1.84 bits per heavy atom. The van der Waals surface area contributed by atoms with Gasteiger partial charge in [0, 0.05) is 36.9 Å². The molecule has 1 aromatic carbocycles. The molecule has 0 saturated carbocycles. The van der Waals surface area contributed by atoms with E-state index in [-0.39, 0.29) is 18.0 Å². The van der Waals surface area contributed by atoms with Gasteiger partial charge in [0.1, 0.15) is 0 Å². The average Bonchev–Trinajstić information content (AvgIpc) is 3.42. The van der Waals surface area contributed by atoms with Gasteiger partial charge in [0.25, 0.3) is 5.91 Å². The molecule has 0 atom stereocenters. The van der Waals surface area contributed by atoms with Gasteiger partial charge in [-0.15, -0.1) is 0 Å². The van der Waals surface area contributed by atoms with Crippen molar-refractivity contribution in [3.05, 3.63) is 77.0 Å². The number of likely N-dealkylation sites (tertiary alicyclic amines) is 1. The highest BCUT2D eigenvalue weighted by Gasteiger charge is 2.26. The lowest BCUT2D eigenvalue weighted by Gasteiger charge is -2.31. The Labute approximate surface area is 187 Å². The number of aromatic nitrogens is 2. The van der Waals surface area contributed by atoms with E-state index in [9.17, 15) is 9.59 Å². The Morgan fingerprint density at radius 1 is 1.09 bits per heavy atom. The highest BCUT2D eigenvalue weighted by Crippen LogP contribution is 2.16. The number of carbonyl (C=O) groups is 2. The van der Waals surface area contributed by atoms with Gasteiger partial charge in [-0.2, -0.15) is 5.10 Å². The molecular weight excluding hydrogens is 406 g/mol. The number of nitrogens with zero attached hydrogens (tertiary/aromatic N) is 3. The van der Waals surface area contributed by atoms with Crippen LogP contribution in [0.5, 0.6) is 0 Å². The number of urea groups is 1. The Hall–Kier alpha value is -3.55. The maximum absolute atomic E-state index is 12.5. The van der Waals surface area contributed by atoms with Gasteiger partial charge >= 0.3 is 6.03 Å². The van der Waals surface area contributed by atoms with Crippen molar-refractivity contribution < 1.29 is 14.0 Å². The largest absolute Gasteiger partial charge is 0.459 e. The maximum Gasteiger partial charge on any atom is 0.315 e. The number of amides is 3. The van der Waals surface area contributed by atoms with E-state index in [0.717, 1.165) is 17.0 Å². The van der Waals surface area contributed by atoms with Crippen LogP contribution in [0.25, 0.3) is 0 Å². The van der Waals surface area contributed by atoms with E-state index in [4.69, 9.17) is 4.42 Å². The van der Waals surface area contributed by atoms with Crippen molar-refractivity contribution in [2.75, 3.05) is 13.1 Å². The number of piperidine rings is 1. The first-order valence-corrected chi connectivity index (χ1v) is 10.9. The molecule has 2 aromatic heterocycles. The second-order valence-electron chi connectivity index (χ2n) is 8.16. The average molecular weight is 436 g/mol. The summed E-state index contributed by atoms with van der Waals surface area (Å²) in [5, 5.41) is 10.6. The molecule has 0 radical (unpaired) electrons. The van der Waals surface area contributed by atoms with Gasteiger partial charge in [-0.05, 0) is 44.4 Å². The summed E-state index contributed by atoms with van der Waals surface area (Å²) in [6.45, 7) is 6.31. The molecule has 3 amide bonds. The van der Waals surface area contributed by atoms with Crippen LogP contribution in [0.4, 0.5) is 4.79 Å². The second-order valence-corrected chi connectivity index (χ2v) is 8.16. The van der Waals surface area contributed by atoms with Crippen LogP contribution < -0.4 is 10.6 Å². The summed E-state index contributed by atoms with van der Waals surface area (Å²) < 4.78 is 7.17. The minimum atomic E-state index is -0.199. The Morgan fingerprint density at radius 3 is 2.53 bits per heavy atom. The summed E-state index contributed by atoms with van der Waals surface area (Å²) in [6.07, 6.45) is 2.93. The van der Waals surface area contributed by atoms with Crippen molar-refractivity contribution in [2.45, 2.75) is 45.8 Å². The van der Waals surface area contributed by atoms with Crippen molar-refractivity contribution >= 4 is 11.9 Å². The molecule has 1 aliphatic heterocycles. The molecule has 8 nitrogen and oxygen atoms in total. The molecule has 3 heterocycles. The van der Waals surface area contributed by atoms with Crippen molar-refractivity contribution in [3.8, 4) is 0 Å². The number of furan rings is 1. The Balaban J connectivity index is 1.25. The third kappa shape index (κ3) is 5.01. The fourth-order valence-corrected chi connectivity index (χ4v) is 4.09. The van der Waals surface area contributed by atoms with Crippen LogP contribution in [0.15, 0.2) is 53.1 Å². The molecular formula is C24H29N5O3. The molecule has 4 rings (SSSR count). The van der Waals surface area contributed by atoms with Crippen LogP contribution >= 0.6 is 0 Å². The van der Waals surface area contributed by atoms with Gasteiger partial charge < -0.3 is 20.0 Å². The minimum absolute atomic E-state index is 0.0404. The first-order valence-electron chi connectivity index (χ1n) is 10.9. The molecule has 2 N–H and O–H groups in total. The summed E-state index contributed by atoms with van der Waals surface area (Å²) in [4.78, 5) is 26.6. The quantitative estimate of drug-likeness (QED) is 0.622. The number of aryl methyl sites for hydroxylation is 1. The number of nitrogens with one attached hydrogen (secondary N) is 2. The van der Waals surface area contributed by atoms with E-state index in [1.165, 1.54) is 11.8 Å². The first kappa shape index (κ1) is 21.7. The molecule has 0 bridgehead atoms. The number of benzene rings is 1. The standard InChI is InChI=1S/C24H29N5O3/c1-17-21(18(2)29(27-17)16-19-7-4-3-5-8-19)15-25-24(31)26-20-10-12-28(13-11-20)23(30)22-9-6-14-32-22/h3-9,14,20H,10-13,15-16H2,1-2H3,(H2,25,26,31). The minimum Gasteiger partial charge on any atom is -0.459 e. The van der Waals surface area contributed by atoms with Crippen molar-refractivity contribution in [2.24, 2.45) is 0 Å². The smallest absolute Gasteiger partial charge is 0.315 e. The lowest BCUT2D eigenvalue weighted by atomic mass is 10.0. The fraction of sp³-hybridized carbons (Fsp3) is 0.375. The summed E-state index contributed by atoms with van der Waals surface area (Å²) in [6, 6.07) is 13.4. The third-order valence-electron chi connectivity index (χ3n) is 5.98. The monoisotopic (exact) mass is 435 g/mol. The van der Waals surface area contributed by atoms with Gasteiger partial charge in [0.05, 0.1) is 18.5 Å². The molecule has 0 aliphatic carbocycles. The van der Waals surface area contributed by atoms with E-state index in [0.29, 0.717) is 44.8 Å². The normalized spacial score (nSPS) is 14.4. The van der Waals surface area contributed by atoms with Gasteiger partial charge in [0.15, 0.2) is 5.76 Å². The first-order chi connectivity index (χ1) is 15.5. The number of carbonyl (C=O) groups excluding carboxylic acids is 2. The SMILES string of the molecule is Cc1nn(Cc2ccccc2)c(C)c1CNC(=O)NC1CCN(C(=O)c2ccco2)CC1. The molecule has 168 valence electrons. The van der Waals surface area contributed by atoms with Crippen molar-refractivity contribution in [3.63, 3.8) is 0 Å². The van der Waals surface area contributed by atoms with Crippen LogP contribution in [0.2, 0.25) is 0 Å². The molecule has 8 heteroatoms. The Bertz CT molecular complexity index is 1050. The number of rotatable bonds is 6. The summed E-state index contributed by atoms with van der Waals surface area (Å²) in [7, 11) is 0. The number of hydrogen-bond donors (Lipinski definition) is 2. The van der Waals surface area contributed by atoms with Crippen LogP contribution in [0.3, 0.4) is 0 Å². The molecule has 0 spiro atoms. The highest BCUT2D eigenvalue weighted by atomic mass is 16.3. The van der Waals surface area contributed by atoms with E-state index in [1.807, 2.05) is 36.7 Å². The lowest BCUT2D eigenvalue weighted by Crippen LogP contribution is -2.49. The van der Waals surface area contributed by atoms with Crippen LogP contribution in [-0.4, -0.2) is 45.8 Å². The van der Waals surface area contributed by atoms with Gasteiger partial charge in [-0.25, -0.2) is 4.79 Å². The fourth-order valence-electron chi connectivity index (χ4n) is 4.09. The van der Waals surface area contributed by atoms with E-state index >= 15 is 0 Å². The zero-order valence-corrected chi connectivity index (χ0v) is 18.5. The highest BCUT2D eigenvalue weighted by molar-refractivity contribution is 5.91. The van der Waals surface area contributed by atoms with E-state index < -0.39 is 0 Å². The summed E-state index contributed by atoms with van der Waals surface area (Å²) in [5.74, 6) is 0.254.